The summed E-state index contributed by atoms with van der Waals surface area (Å²) < 4.78 is 0. The molecule has 218 valence electrons. The van der Waals surface area contributed by atoms with Gasteiger partial charge < -0.3 is 9.80 Å². The SMILES string of the molecule is CCN1C(=O)C2=C(c3cc4cccc5ccc6cccc3c6c54)N(CC)C(=O)C2=C1c1cc2cccc3ccc4cccc1c4c32. The second-order valence-electron chi connectivity index (χ2n) is 12.5. The van der Waals surface area contributed by atoms with Gasteiger partial charge in [-0.3, -0.25) is 9.59 Å². The molecule has 0 aromatic heterocycles. The van der Waals surface area contributed by atoms with Crippen LogP contribution in [0.25, 0.3) is 76.0 Å². The van der Waals surface area contributed by atoms with Gasteiger partial charge in [0.05, 0.1) is 22.5 Å². The zero-order valence-corrected chi connectivity index (χ0v) is 25.5. The summed E-state index contributed by atoms with van der Waals surface area (Å²) in [6.07, 6.45) is 0. The average Bonchev–Trinajstić information content (AvgIpc) is 3.55. The fraction of sp³-hybridized carbons (Fsp3) is 0.0952. The molecule has 0 fully saturated rings. The number of fused-ring (bicyclic) bond motifs is 1. The number of carbonyl (C=O) groups is 2. The molecule has 46 heavy (non-hydrogen) atoms. The Morgan fingerprint density at radius 3 is 1.17 bits per heavy atom. The number of amides is 2. The molecule has 2 heterocycles. The van der Waals surface area contributed by atoms with Crippen LogP contribution in [0.15, 0.2) is 120 Å². The van der Waals surface area contributed by atoms with Crippen LogP contribution in [-0.2, 0) is 9.59 Å². The van der Waals surface area contributed by atoms with Crippen LogP contribution in [0.2, 0.25) is 0 Å². The molecule has 0 saturated heterocycles. The normalized spacial score (nSPS) is 15.6. The van der Waals surface area contributed by atoms with Crippen molar-refractivity contribution in [3.8, 4) is 0 Å². The zero-order chi connectivity index (χ0) is 30.8. The molecular formula is C42H28N2O2. The first-order valence-electron chi connectivity index (χ1n) is 16.1. The van der Waals surface area contributed by atoms with Crippen molar-refractivity contribution >= 4 is 87.8 Å². The van der Waals surface area contributed by atoms with Gasteiger partial charge in [0, 0.05) is 24.2 Å². The summed E-state index contributed by atoms with van der Waals surface area (Å²) in [7, 11) is 0. The Hall–Kier alpha value is -5.74. The number of likely N-dealkylation sites (N-methyl/N-ethyl adjacent to an activating group) is 2. The molecule has 4 nitrogen and oxygen atoms in total. The second-order valence-corrected chi connectivity index (χ2v) is 12.5. The molecule has 2 aliphatic heterocycles. The van der Waals surface area contributed by atoms with Crippen LogP contribution in [0.3, 0.4) is 0 Å². The summed E-state index contributed by atoms with van der Waals surface area (Å²) >= 11 is 0. The first kappa shape index (κ1) is 25.6. The first-order chi connectivity index (χ1) is 22.6. The number of hydrogen-bond donors (Lipinski definition) is 0. The monoisotopic (exact) mass is 592 g/mol. The number of nitrogens with zero attached hydrogens (tertiary/aromatic N) is 2. The van der Waals surface area contributed by atoms with Gasteiger partial charge in [-0.25, -0.2) is 0 Å². The van der Waals surface area contributed by atoms with E-state index in [9.17, 15) is 9.59 Å². The molecule has 8 aromatic carbocycles. The Kier molecular flexibility index (Phi) is 4.96. The molecule has 2 amide bonds. The van der Waals surface area contributed by atoms with Crippen molar-refractivity contribution in [1.82, 2.24) is 9.80 Å². The Labute approximate surface area is 265 Å². The van der Waals surface area contributed by atoms with Gasteiger partial charge in [0.1, 0.15) is 0 Å². The predicted molar refractivity (Wildman–Crippen MR) is 189 cm³/mol. The molecule has 0 atom stereocenters. The molecule has 0 aliphatic carbocycles. The fourth-order valence-electron chi connectivity index (χ4n) is 8.48. The van der Waals surface area contributed by atoms with Crippen molar-refractivity contribution in [3.05, 3.63) is 131 Å². The Morgan fingerprint density at radius 1 is 0.435 bits per heavy atom. The lowest BCUT2D eigenvalue weighted by atomic mass is 9.88. The van der Waals surface area contributed by atoms with E-state index in [4.69, 9.17) is 0 Å². The number of rotatable bonds is 4. The van der Waals surface area contributed by atoms with Gasteiger partial charge in [-0.1, -0.05) is 97.1 Å². The van der Waals surface area contributed by atoms with Crippen molar-refractivity contribution in [2.75, 3.05) is 13.1 Å². The minimum atomic E-state index is -0.109. The van der Waals surface area contributed by atoms with Gasteiger partial charge >= 0.3 is 0 Å². The van der Waals surface area contributed by atoms with E-state index in [1.807, 2.05) is 23.6 Å². The van der Waals surface area contributed by atoms with Crippen LogP contribution in [0, 0.1) is 0 Å². The molecule has 0 bridgehead atoms. The Bertz CT molecular complexity index is 2530. The van der Waals surface area contributed by atoms with Gasteiger partial charge in [-0.05, 0) is 90.6 Å². The van der Waals surface area contributed by atoms with Crippen LogP contribution < -0.4 is 0 Å². The van der Waals surface area contributed by atoms with Crippen molar-refractivity contribution in [2.45, 2.75) is 13.8 Å². The van der Waals surface area contributed by atoms with Crippen molar-refractivity contribution < 1.29 is 9.59 Å². The predicted octanol–water partition coefficient (Wildman–Crippen LogP) is 9.33. The standard InChI is InChI=1S/C42H28N2O2/c1-3-43-39(31-21-27-13-5-9-23-17-19-25-11-7-15-29(31)35(25)33(23)27)37-38(41(43)45)40(44(4-2)42(37)46)32-22-28-14-6-10-24-18-20-26-12-8-16-30(32)36(26)34(24)28/h5-22H,3-4H2,1-2H3. The van der Waals surface area contributed by atoms with Crippen molar-refractivity contribution in [1.29, 1.82) is 0 Å². The maximum Gasteiger partial charge on any atom is 0.261 e. The van der Waals surface area contributed by atoms with Gasteiger partial charge in [-0.15, -0.1) is 0 Å². The van der Waals surface area contributed by atoms with E-state index in [0.29, 0.717) is 24.2 Å². The van der Waals surface area contributed by atoms with Gasteiger partial charge in [-0.2, -0.15) is 0 Å². The highest BCUT2D eigenvalue weighted by Gasteiger charge is 2.48. The maximum absolute atomic E-state index is 14.7. The van der Waals surface area contributed by atoms with E-state index in [2.05, 4.69) is 109 Å². The van der Waals surface area contributed by atoms with E-state index in [0.717, 1.165) is 54.8 Å². The third kappa shape index (κ3) is 3.04. The topological polar surface area (TPSA) is 40.6 Å². The van der Waals surface area contributed by atoms with E-state index in [-0.39, 0.29) is 11.8 Å². The van der Waals surface area contributed by atoms with Crippen LogP contribution in [0.4, 0.5) is 0 Å². The highest BCUT2D eigenvalue weighted by molar-refractivity contribution is 6.34. The third-order valence-electron chi connectivity index (χ3n) is 10.3. The number of carbonyl (C=O) groups excluding carboxylic acids is 2. The minimum absolute atomic E-state index is 0.109. The zero-order valence-electron chi connectivity index (χ0n) is 25.5. The molecule has 10 rings (SSSR count). The molecule has 0 spiro atoms. The summed E-state index contributed by atoms with van der Waals surface area (Å²) in [6, 6.07) is 38.5. The lowest BCUT2D eigenvalue weighted by Gasteiger charge is -2.26. The van der Waals surface area contributed by atoms with Crippen molar-refractivity contribution in [2.24, 2.45) is 0 Å². The quantitative estimate of drug-likeness (QED) is 0.191. The molecule has 4 heteroatoms. The fourth-order valence-corrected chi connectivity index (χ4v) is 8.48. The highest BCUT2D eigenvalue weighted by Crippen LogP contribution is 2.51. The smallest absolute Gasteiger partial charge is 0.261 e. The summed E-state index contributed by atoms with van der Waals surface area (Å²) in [4.78, 5) is 33.0. The molecular weight excluding hydrogens is 564 g/mol. The average molecular weight is 593 g/mol. The van der Waals surface area contributed by atoms with Gasteiger partial charge in [0.15, 0.2) is 0 Å². The molecule has 8 aromatic rings. The summed E-state index contributed by atoms with van der Waals surface area (Å²) in [5, 5.41) is 13.8. The molecule has 0 unspecified atom stereocenters. The van der Waals surface area contributed by atoms with E-state index >= 15 is 0 Å². The Morgan fingerprint density at radius 2 is 0.783 bits per heavy atom. The van der Waals surface area contributed by atoms with Crippen LogP contribution in [-0.4, -0.2) is 34.7 Å². The first-order valence-corrected chi connectivity index (χ1v) is 16.1. The number of benzene rings is 8. The summed E-state index contributed by atoms with van der Waals surface area (Å²) in [5.74, 6) is -0.218. The maximum atomic E-state index is 14.7. The highest BCUT2D eigenvalue weighted by atomic mass is 16.2. The molecule has 0 radical (unpaired) electrons. The van der Waals surface area contributed by atoms with E-state index in [1.165, 1.54) is 32.3 Å². The molecule has 0 saturated carbocycles. The lowest BCUT2D eigenvalue weighted by Crippen LogP contribution is -2.29. The van der Waals surface area contributed by atoms with Crippen LogP contribution >= 0.6 is 0 Å². The Balaban J connectivity index is 1.35. The largest absolute Gasteiger partial charge is 0.307 e. The van der Waals surface area contributed by atoms with Gasteiger partial charge in [0.25, 0.3) is 11.8 Å². The van der Waals surface area contributed by atoms with Crippen molar-refractivity contribution in [3.63, 3.8) is 0 Å². The van der Waals surface area contributed by atoms with E-state index in [1.54, 1.807) is 0 Å². The second kappa shape index (κ2) is 8.92. The number of hydrogen-bond acceptors (Lipinski definition) is 2. The molecule has 2 aliphatic rings. The minimum Gasteiger partial charge on any atom is -0.307 e. The summed E-state index contributed by atoms with van der Waals surface area (Å²) in [6.45, 7) is 4.92. The lowest BCUT2D eigenvalue weighted by molar-refractivity contribution is -0.124. The third-order valence-corrected chi connectivity index (χ3v) is 10.3. The van der Waals surface area contributed by atoms with Crippen LogP contribution in [0.5, 0.6) is 0 Å². The van der Waals surface area contributed by atoms with Crippen LogP contribution in [0.1, 0.15) is 25.0 Å². The summed E-state index contributed by atoms with van der Waals surface area (Å²) in [5.41, 5.74) is 4.33. The molecule has 0 N–H and O–H groups in total. The van der Waals surface area contributed by atoms with E-state index < -0.39 is 0 Å². The van der Waals surface area contributed by atoms with Gasteiger partial charge in [0.2, 0.25) is 0 Å².